The molecule has 0 spiro atoms. The Morgan fingerprint density at radius 3 is 2.87 bits per heavy atom. The van der Waals surface area contributed by atoms with Gasteiger partial charge in [0.15, 0.2) is 5.69 Å². The number of halogens is 2. The van der Waals surface area contributed by atoms with E-state index in [1.54, 1.807) is 35.0 Å². The highest BCUT2D eigenvalue weighted by Gasteiger charge is 2.14. The summed E-state index contributed by atoms with van der Waals surface area (Å²) >= 11 is 7.96. The first-order chi connectivity index (χ1) is 11.0. The first kappa shape index (κ1) is 16.0. The van der Waals surface area contributed by atoms with Crippen molar-refractivity contribution >= 4 is 45.8 Å². The van der Waals surface area contributed by atoms with Crippen LogP contribution in [0.25, 0.3) is 0 Å². The molecule has 0 fully saturated rings. The van der Waals surface area contributed by atoms with E-state index in [-0.39, 0.29) is 5.91 Å². The third-order valence-corrected chi connectivity index (χ3v) is 4.11. The summed E-state index contributed by atoms with van der Waals surface area (Å²) in [7, 11) is 1.79. The number of carbonyl (C=O) groups is 1. The molecule has 2 heterocycles. The van der Waals surface area contributed by atoms with Crippen molar-refractivity contribution in [3.8, 4) is 0 Å². The van der Waals surface area contributed by atoms with Gasteiger partial charge in [0.05, 0.1) is 21.3 Å². The third kappa shape index (κ3) is 3.91. The summed E-state index contributed by atoms with van der Waals surface area (Å²) < 4.78 is 4.17. The summed E-state index contributed by atoms with van der Waals surface area (Å²) in [6.07, 6.45) is 5.15. The number of anilines is 1. The van der Waals surface area contributed by atoms with Gasteiger partial charge in [0.2, 0.25) is 0 Å². The lowest BCUT2D eigenvalue weighted by Gasteiger charge is -2.07. The second kappa shape index (κ2) is 6.71. The highest BCUT2D eigenvalue weighted by atomic mass is 127. The SMILES string of the molecule is Cn1cc(I)c(C(=O)Nc2cccc(Cn3cc(Cl)cn3)c2)n1. The van der Waals surface area contributed by atoms with Gasteiger partial charge in [0, 0.05) is 25.1 Å². The van der Waals surface area contributed by atoms with E-state index in [0.29, 0.717) is 22.9 Å². The molecule has 0 radical (unpaired) electrons. The van der Waals surface area contributed by atoms with Crippen LogP contribution in [0.4, 0.5) is 5.69 Å². The normalized spacial score (nSPS) is 10.7. The van der Waals surface area contributed by atoms with Crippen LogP contribution in [-0.2, 0) is 13.6 Å². The van der Waals surface area contributed by atoms with Gasteiger partial charge in [-0.2, -0.15) is 10.2 Å². The molecule has 2 aromatic heterocycles. The average molecular weight is 442 g/mol. The quantitative estimate of drug-likeness (QED) is 0.633. The van der Waals surface area contributed by atoms with Crippen LogP contribution in [0, 0.1) is 3.57 Å². The van der Waals surface area contributed by atoms with E-state index >= 15 is 0 Å². The maximum absolute atomic E-state index is 12.3. The van der Waals surface area contributed by atoms with E-state index < -0.39 is 0 Å². The molecular formula is C15H13ClIN5O. The van der Waals surface area contributed by atoms with E-state index in [9.17, 15) is 4.79 Å². The first-order valence-corrected chi connectivity index (χ1v) is 8.24. The summed E-state index contributed by atoms with van der Waals surface area (Å²) in [6.45, 7) is 0.581. The first-order valence-electron chi connectivity index (χ1n) is 6.78. The minimum absolute atomic E-state index is 0.228. The Balaban J connectivity index is 1.74. The molecule has 1 N–H and O–H groups in total. The standard InChI is InChI=1S/C15H13ClIN5O/c1-21-9-13(17)14(20-21)15(23)19-12-4-2-3-10(5-12)7-22-8-11(16)6-18-22/h2-6,8-9H,7H2,1H3,(H,19,23). The number of nitrogens with one attached hydrogen (secondary N) is 1. The summed E-state index contributed by atoms with van der Waals surface area (Å²) in [5.41, 5.74) is 2.14. The van der Waals surface area contributed by atoms with Gasteiger partial charge in [-0.1, -0.05) is 23.7 Å². The lowest BCUT2D eigenvalue weighted by atomic mass is 10.2. The largest absolute Gasteiger partial charge is 0.321 e. The van der Waals surface area contributed by atoms with Crippen LogP contribution < -0.4 is 5.32 Å². The smallest absolute Gasteiger partial charge is 0.277 e. The molecular weight excluding hydrogens is 429 g/mol. The summed E-state index contributed by atoms with van der Waals surface area (Å²) in [5.74, 6) is -0.228. The Hall–Kier alpha value is -1.87. The van der Waals surface area contributed by atoms with E-state index in [0.717, 1.165) is 9.13 Å². The molecule has 0 aliphatic rings. The van der Waals surface area contributed by atoms with Gasteiger partial charge in [0.1, 0.15) is 0 Å². The maximum Gasteiger partial charge on any atom is 0.277 e. The van der Waals surface area contributed by atoms with Gasteiger partial charge >= 0.3 is 0 Å². The van der Waals surface area contributed by atoms with Crippen LogP contribution in [0.15, 0.2) is 42.9 Å². The molecule has 0 saturated carbocycles. The topological polar surface area (TPSA) is 64.7 Å². The number of benzene rings is 1. The summed E-state index contributed by atoms with van der Waals surface area (Å²) in [4.78, 5) is 12.3. The number of aromatic nitrogens is 4. The number of carbonyl (C=O) groups excluding carboxylic acids is 1. The predicted octanol–water partition coefficient (Wildman–Crippen LogP) is 3.18. The van der Waals surface area contributed by atoms with Crippen molar-refractivity contribution in [2.24, 2.45) is 7.05 Å². The van der Waals surface area contributed by atoms with Gasteiger partial charge < -0.3 is 5.32 Å². The summed E-state index contributed by atoms with van der Waals surface area (Å²) in [6, 6.07) is 7.60. The fourth-order valence-electron chi connectivity index (χ4n) is 2.16. The van der Waals surface area contributed by atoms with E-state index in [1.165, 1.54) is 0 Å². The fourth-order valence-corrected chi connectivity index (χ4v) is 3.08. The molecule has 1 aromatic carbocycles. The van der Waals surface area contributed by atoms with Crippen LogP contribution in [0.1, 0.15) is 16.1 Å². The van der Waals surface area contributed by atoms with E-state index in [4.69, 9.17) is 11.6 Å². The van der Waals surface area contributed by atoms with Crippen molar-refractivity contribution in [1.29, 1.82) is 0 Å². The van der Waals surface area contributed by atoms with Crippen molar-refractivity contribution in [2.45, 2.75) is 6.54 Å². The minimum Gasteiger partial charge on any atom is -0.321 e. The van der Waals surface area contributed by atoms with Gasteiger partial charge in [-0.3, -0.25) is 14.2 Å². The Labute approximate surface area is 151 Å². The Morgan fingerprint density at radius 2 is 2.22 bits per heavy atom. The molecule has 118 valence electrons. The molecule has 1 amide bonds. The highest BCUT2D eigenvalue weighted by molar-refractivity contribution is 14.1. The molecule has 0 atom stereocenters. The van der Waals surface area contributed by atoms with Gasteiger partial charge in [-0.25, -0.2) is 0 Å². The maximum atomic E-state index is 12.3. The van der Waals surface area contributed by atoms with Gasteiger partial charge in [-0.05, 0) is 40.3 Å². The van der Waals surface area contributed by atoms with Crippen molar-refractivity contribution in [2.75, 3.05) is 5.32 Å². The molecule has 0 saturated heterocycles. The average Bonchev–Trinajstić information content (AvgIpc) is 3.04. The molecule has 0 aliphatic heterocycles. The van der Waals surface area contributed by atoms with Crippen molar-refractivity contribution in [1.82, 2.24) is 19.6 Å². The Bertz CT molecular complexity index is 857. The lowest BCUT2D eigenvalue weighted by Crippen LogP contribution is -2.14. The van der Waals surface area contributed by atoms with Gasteiger partial charge in [0.25, 0.3) is 5.91 Å². The molecule has 6 nitrogen and oxygen atoms in total. The molecule has 0 unspecified atom stereocenters. The van der Waals surface area contributed by atoms with Crippen LogP contribution >= 0.6 is 34.2 Å². The van der Waals surface area contributed by atoms with Crippen LogP contribution in [0.3, 0.4) is 0 Å². The van der Waals surface area contributed by atoms with Crippen molar-refractivity contribution < 1.29 is 4.79 Å². The Morgan fingerprint density at radius 1 is 1.39 bits per heavy atom. The van der Waals surface area contributed by atoms with Crippen molar-refractivity contribution in [3.63, 3.8) is 0 Å². The number of nitrogens with zero attached hydrogens (tertiary/aromatic N) is 4. The molecule has 0 bridgehead atoms. The minimum atomic E-state index is -0.228. The third-order valence-electron chi connectivity index (χ3n) is 3.13. The number of hydrogen-bond donors (Lipinski definition) is 1. The summed E-state index contributed by atoms with van der Waals surface area (Å²) in [5, 5.41) is 11.8. The second-order valence-corrected chi connectivity index (χ2v) is 6.61. The predicted molar refractivity (Wildman–Crippen MR) is 96.7 cm³/mol. The van der Waals surface area contributed by atoms with E-state index in [2.05, 4.69) is 38.1 Å². The fraction of sp³-hybridized carbons (Fsp3) is 0.133. The molecule has 8 heteroatoms. The van der Waals surface area contributed by atoms with Crippen molar-refractivity contribution in [3.05, 3.63) is 62.7 Å². The van der Waals surface area contributed by atoms with E-state index in [1.807, 2.05) is 24.3 Å². The number of rotatable bonds is 4. The van der Waals surface area contributed by atoms with Crippen LogP contribution in [0.2, 0.25) is 5.02 Å². The Kier molecular flexibility index (Phi) is 4.67. The monoisotopic (exact) mass is 441 g/mol. The zero-order chi connectivity index (χ0) is 16.4. The zero-order valence-corrected chi connectivity index (χ0v) is 15.1. The number of amides is 1. The number of hydrogen-bond acceptors (Lipinski definition) is 3. The molecule has 0 aliphatic carbocycles. The molecule has 3 rings (SSSR count). The lowest BCUT2D eigenvalue weighted by molar-refractivity contribution is 0.102. The highest BCUT2D eigenvalue weighted by Crippen LogP contribution is 2.16. The van der Waals surface area contributed by atoms with Crippen LogP contribution in [0.5, 0.6) is 0 Å². The van der Waals surface area contributed by atoms with Gasteiger partial charge in [-0.15, -0.1) is 0 Å². The zero-order valence-electron chi connectivity index (χ0n) is 12.2. The molecule has 23 heavy (non-hydrogen) atoms. The second-order valence-electron chi connectivity index (χ2n) is 5.01. The molecule has 3 aromatic rings. The number of aryl methyl sites for hydroxylation is 1. The van der Waals surface area contributed by atoms with Crippen LogP contribution in [-0.4, -0.2) is 25.5 Å².